The minimum absolute atomic E-state index is 0.227. The van der Waals surface area contributed by atoms with E-state index in [1.54, 1.807) is 12.3 Å². The third-order valence-electron chi connectivity index (χ3n) is 2.19. The molecular formula is C12H12N2O. The molecule has 1 N–H and O–H groups in total. The Bertz CT molecular complexity index is 471. The van der Waals surface area contributed by atoms with Crippen LogP contribution in [0.15, 0.2) is 42.7 Å². The number of aromatic nitrogens is 2. The number of benzene rings is 1. The topological polar surface area (TPSA) is 38.0 Å². The van der Waals surface area contributed by atoms with Gasteiger partial charge in [0.2, 0.25) is 0 Å². The molecule has 0 fully saturated rings. The van der Waals surface area contributed by atoms with Gasteiger partial charge in [-0.3, -0.25) is 0 Å². The Morgan fingerprint density at radius 2 is 2.07 bits per heavy atom. The highest BCUT2D eigenvalue weighted by Crippen LogP contribution is 2.13. The summed E-state index contributed by atoms with van der Waals surface area (Å²) in [6.07, 6.45) is 5.18. The van der Waals surface area contributed by atoms with Crippen LogP contribution < -0.4 is 0 Å². The van der Waals surface area contributed by atoms with Crippen molar-refractivity contribution in [2.45, 2.75) is 0 Å². The lowest BCUT2D eigenvalue weighted by Gasteiger charge is -2.00. The van der Waals surface area contributed by atoms with Gasteiger partial charge < -0.3 is 9.67 Å². The Morgan fingerprint density at radius 3 is 2.67 bits per heavy atom. The summed E-state index contributed by atoms with van der Waals surface area (Å²) in [4.78, 5) is 4.11. The molecule has 0 saturated carbocycles. The molecule has 0 saturated heterocycles. The Kier molecular flexibility index (Phi) is 2.54. The number of aliphatic hydroxyl groups excluding tert-OH is 1. The molecule has 0 spiro atoms. The van der Waals surface area contributed by atoms with Gasteiger partial charge in [-0.15, -0.1) is 0 Å². The van der Waals surface area contributed by atoms with E-state index in [-0.39, 0.29) is 5.76 Å². The maximum Gasteiger partial charge on any atom is 0.136 e. The normalized spacial score (nSPS) is 11.7. The maximum absolute atomic E-state index is 9.82. The highest BCUT2D eigenvalue weighted by atomic mass is 16.3. The van der Waals surface area contributed by atoms with Gasteiger partial charge in [0.25, 0.3) is 0 Å². The van der Waals surface area contributed by atoms with Crippen LogP contribution in [0.3, 0.4) is 0 Å². The summed E-state index contributed by atoms with van der Waals surface area (Å²) in [5.41, 5.74) is 0.792. The molecule has 3 heteroatoms. The van der Waals surface area contributed by atoms with E-state index in [0.717, 1.165) is 11.4 Å². The van der Waals surface area contributed by atoms with Crippen molar-refractivity contribution in [3.63, 3.8) is 0 Å². The average molecular weight is 200 g/mol. The predicted molar refractivity (Wildman–Crippen MR) is 60.1 cm³/mol. The molecule has 76 valence electrons. The van der Waals surface area contributed by atoms with Crippen molar-refractivity contribution in [3.05, 3.63) is 54.1 Å². The molecule has 2 rings (SSSR count). The molecule has 0 aliphatic heterocycles. The van der Waals surface area contributed by atoms with E-state index < -0.39 is 0 Å². The first kappa shape index (κ1) is 9.52. The zero-order valence-electron chi connectivity index (χ0n) is 8.46. The van der Waals surface area contributed by atoms with Crippen LogP contribution in [0.4, 0.5) is 0 Å². The van der Waals surface area contributed by atoms with E-state index in [1.165, 1.54) is 0 Å². The van der Waals surface area contributed by atoms with Gasteiger partial charge >= 0.3 is 0 Å². The molecule has 0 bridgehead atoms. The number of hydrogen-bond acceptors (Lipinski definition) is 2. The fourth-order valence-corrected chi connectivity index (χ4v) is 1.33. The summed E-state index contributed by atoms with van der Waals surface area (Å²) in [5.74, 6) is 0.959. The number of aliphatic hydroxyl groups is 1. The lowest BCUT2D eigenvalue weighted by molar-refractivity contribution is 0.515. The average Bonchev–Trinajstić information content (AvgIpc) is 2.66. The SMILES string of the molecule is Cn1ccnc1/C=C(\O)c1ccccc1. The van der Waals surface area contributed by atoms with Crippen LogP contribution in [0.25, 0.3) is 11.8 Å². The molecule has 0 radical (unpaired) electrons. The van der Waals surface area contributed by atoms with Gasteiger partial charge in [0.15, 0.2) is 0 Å². The second kappa shape index (κ2) is 4.00. The van der Waals surface area contributed by atoms with Crippen molar-refractivity contribution < 1.29 is 5.11 Å². The maximum atomic E-state index is 9.82. The summed E-state index contributed by atoms with van der Waals surface area (Å²) >= 11 is 0. The van der Waals surface area contributed by atoms with E-state index in [1.807, 2.05) is 48.1 Å². The molecule has 2 aromatic rings. The fraction of sp³-hybridized carbons (Fsp3) is 0.0833. The van der Waals surface area contributed by atoms with Crippen molar-refractivity contribution in [1.29, 1.82) is 0 Å². The Hall–Kier alpha value is -2.03. The first-order chi connectivity index (χ1) is 7.27. The first-order valence-corrected chi connectivity index (χ1v) is 4.71. The molecule has 0 aliphatic rings. The molecule has 0 atom stereocenters. The molecule has 0 aliphatic carbocycles. The zero-order valence-corrected chi connectivity index (χ0v) is 8.46. The lowest BCUT2D eigenvalue weighted by atomic mass is 10.2. The Labute approximate surface area is 88.3 Å². The summed E-state index contributed by atoms with van der Waals surface area (Å²) < 4.78 is 1.85. The number of nitrogens with zero attached hydrogens (tertiary/aromatic N) is 2. The number of imidazole rings is 1. The Morgan fingerprint density at radius 1 is 1.33 bits per heavy atom. The van der Waals surface area contributed by atoms with Crippen LogP contribution >= 0.6 is 0 Å². The molecule has 1 aromatic heterocycles. The molecule has 0 amide bonds. The highest BCUT2D eigenvalue weighted by Gasteiger charge is 2.00. The minimum atomic E-state index is 0.227. The van der Waals surface area contributed by atoms with Crippen molar-refractivity contribution in [1.82, 2.24) is 9.55 Å². The van der Waals surface area contributed by atoms with Gasteiger partial charge in [-0.05, 0) is 0 Å². The van der Waals surface area contributed by atoms with E-state index in [4.69, 9.17) is 0 Å². The molecule has 0 unspecified atom stereocenters. The third-order valence-corrected chi connectivity index (χ3v) is 2.19. The van der Waals surface area contributed by atoms with Crippen LogP contribution in [0.5, 0.6) is 0 Å². The van der Waals surface area contributed by atoms with Crippen molar-refractivity contribution in [3.8, 4) is 0 Å². The largest absolute Gasteiger partial charge is 0.507 e. The van der Waals surface area contributed by atoms with Crippen LogP contribution in [-0.2, 0) is 7.05 Å². The van der Waals surface area contributed by atoms with Gasteiger partial charge in [-0.1, -0.05) is 30.3 Å². The fourth-order valence-electron chi connectivity index (χ4n) is 1.33. The monoisotopic (exact) mass is 200 g/mol. The molecule has 3 nitrogen and oxygen atoms in total. The van der Waals surface area contributed by atoms with Gasteiger partial charge in [0.1, 0.15) is 11.6 Å². The van der Waals surface area contributed by atoms with Gasteiger partial charge in [0, 0.05) is 31.1 Å². The summed E-state index contributed by atoms with van der Waals surface area (Å²) in [7, 11) is 1.89. The summed E-state index contributed by atoms with van der Waals surface area (Å²) in [6, 6.07) is 9.40. The number of aryl methyl sites for hydroxylation is 1. The van der Waals surface area contributed by atoms with Crippen LogP contribution in [0.1, 0.15) is 11.4 Å². The smallest absolute Gasteiger partial charge is 0.136 e. The number of hydrogen-bond donors (Lipinski definition) is 1. The summed E-state index contributed by atoms with van der Waals surface area (Å²) in [5, 5.41) is 9.82. The van der Waals surface area contributed by atoms with Crippen molar-refractivity contribution in [2.75, 3.05) is 0 Å². The zero-order chi connectivity index (χ0) is 10.7. The van der Waals surface area contributed by atoms with Crippen LogP contribution in [0.2, 0.25) is 0 Å². The van der Waals surface area contributed by atoms with Gasteiger partial charge in [-0.25, -0.2) is 4.98 Å². The van der Waals surface area contributed by atoms with E-state index in [0.29, 0.717) is 0 Å². The first-order valence-electron chi connectivity index (χ1n) is 4.71. The third kappa shape index (κ3) is 2.07. The van der Waals surface area contributed by atoms with E-state index in [2.05, 4.69) is 4.98 Å². The van der Waals surface area contributed by atoms with E-state index >= 15 is 0 Å². The molecule has 1 heterocycles. The number of rotatable bonds is 2. The second-order valence-corrected chi connectivity index (χ2v) is 3.29. The lowest BCUT2D eigenvalue weighted by Crippen LogP contribution is -1.91. The molecular weight excluding hydrogens is 188 g/mol. The minimum Gasteiger partial charge on any atom is -0.507 e. The van der Waals surface area contributed by atoms with E-state index in [9.17, 15) is 5.11 Å². The van der Waals surface area contributed by atoms with Crippen molar-refractivity contribution >= 4 is 11.8 Å². The standard InChI is InChI=1S/C12H12N2O/c1-14-8-7-13-12(14)9-11(15)10-5-3-2-4-6-10/h2-9,15H,1H3/b11-9-. The molecule has 1 aromatic carbocycles. The Balaban J connectivity index is 2.33. The highest BCUT2D eigenvalue weighted by molar-refractivity contribution is 5.74. The quantitative estimate of drug-likeness (QED) is 0.756. The van der Waals surface area contributed by atoms with Crippen LogP contribution in [-0.4, -0.2) is 14.7 Å². The van der Waals surface area contributed by atoms with Gasteiger partial charge in [-0.2, -0.15) is 0 Å². The van der Waals surface area contributed by atoms with Crippen LogP contribution in [0, 0.1) is 0 Å². The second-order valence-electron chi connectivity index (χ2n) is 3.29. The molecule has 15 heavy (non-hydrogen) atoms. The van der Waals surface area contributed by atoms with Gasteiger partial charge in [0.05, 0.1) is 0 Å². The van der Waals surface area contributed by atoms with Crippen molar-refractivity contribution in [2.24, 2.45) is 7.05 Å². The predicted octanol–water partition coefficient (Wildman–Crippen LogP) is 2.48. The summed E-state index contributed by atoms with van der Waals surface area (Å²) in [6.45, 7) is 0.